The Morgan fingerprint density at radius 1 is 1.08 bits per heavy atom. The summed E-state index contributed by atoms with van der Waals surface area (Å²) < 4.78 is 0. The third-order valence-electron chi connectivity index (χ3n) is 2.69. The van der Waals surface area contributed by atoms with E-state index in [1.807, 2.05) is 0 Å². The van der Waals surface area contributed by atoms with E-state index in [0.29, 0.717) is 6.42 Å². The second kappa shape index (κ2) is 4.47. The Morgan fingerprint density at radius 3 is 2.08 bits per heavy atom. The van der Waals surface area contributed by atoms with E-state index in [0.717, 1.165) is 25.7 Å². The molecule has 0 aromatic rings. The molecule has 0 aliphatic heterocycles. The van der Waals surface area contributed by atoms with Crippen LogP contribution < -0.4 is 0 Å². The summed E-state index contributed by atoms with van der Waals surface area (Å²) in [5.41, 5.74) is -0.658. The molecule has 0 spiro atoms. The molecule has 1 aliphatic rings. The third kappa shape index (κ3) is 2.83. The lowest BCUT2D eigenvalue weighted by Gasteiger charge is -2.27. The Morgan fingerprint density at radius 2 is 1.58 bits per heavy atom. The molecule has 2 nitrogen and oxygen atoms in total. The quantitative estimate of drug-likeness (QED) is 0.651. The van der Waals surface area contributed by atoms with Crippen molar-refractivity contribution < 1.29 is 5.11 Å². The van der Waals surface area contributed by atoms with Crippen LogP contribution in [0.15, 0.2) is 0 Å². The fourth-order valence-corrected chi connectivity index (χ4v) is 1.89. The van der Waals surface area contributed by atoms with E-state index in [2.05, 4.69) is 6.07 Å². The lowest BCUT2D eigenvalue weighted by molar-refractivity contribution is 0.0186. The molecule has 0 aromatic heterocycles. The lowest BCUT2D eigenvalue weighted by Crippen LogP contribution is -2.28. The standard InChI is InChI=1S/C10H17NO/c11-9-8-10(12)6-4-2-1-3-5-7-10/h12H,1-8H2. The molecule has 0 bridgehead atoms. The van der Waals surface area contributed by atoms with Crippen molar-refractivity contribution in [2.24, 2.45) is 0 Å². The van der Waals surface area contributed by atoms with Gasteiger partial charge in [0.2, 0.25) is 0 Å². The number of rotatable bonds is 1. The molecule has 0 heterocycles. The number of hydrogen-bond acceptors (Lipinski definition) is 2. The van der Waals surface area contributed by atoms with Crippen LogP contribution in [0.2, 0.25) is 0 Å². The van der Waals surface area contributed by atoms with Crippen molar-refractivity contribution in [1.82, 2.24) is 0 Å². The maximum atomic E-state index is 9.95. The van der Waals surface area contributed by atoms with Crippen LogP contribution in [0.5, 0.6) is 0 Å². The summed E-state index contributed by atoms with van der Waals surface area (Å²) in [4.78, 5) is 0. The fraction of sp³-hybridized carbons (Fsp3) is 0.900. The van der Waals surface area contributed by atoms with E-state index in [4.69, 9.17) is 5.26 Å². The third-order valence-corrected chi connectivity index (χ3v) is 2.69. The van der Waals surface area contributed by atoms with Crippen LogP contribution in [0.4, 0.5) is 0 Å². The summed E-state index contributed by atoms with van der Waals surface area (Å²) in [6.45, 7) is 0. The monoisotopic (exact) mass is 167 g/mol. The predicted molar refractivity (Wildman–Crippen MR) is 47.5 cm³/mol. The van der Waals surface area contributed by atoms with Gasteiger partial charge in [-0.05, 0) is 12.8 Å². The first-order valence-electron chi connectivity index (χ1n) is 4.86. The Balaban J connectivity index is 2.43. The van der Waals surface area contributed by atoms with Gasteiger partial charge in [-0.1, -0.05) is 32.1 Å². The van der Waals surface area contributed by atoms with Gasteiger partial charge in [0.25, 0.3) is 0 Å². The van der Waals surface area contributed by atoms with Crippen molar-refractivity contribution in [3.8, 4) is 6.07 Å². The van der Waals surface area contributed by atoms with Gasteiger partial charge in [-0.25, -0.2) is 0 Å². The minimum absolute atomic E-state index is 0.312. The van der Waals surface area contributed by atoms with Gasteiger partial charge in [0.05, 0.1) is 18.1 Å². The molecule has 2 heteroatoms. The van der Waals surface area contributed by atoms with Gasteiger partial charge in [0.1, 0.15) is 0 Å². The number of hydrogen-bond donors (Lipinski definition) is 1. The topological polar surface area (TPSA) is 44.0 Å². The highest BCUT2D eigenvalue weighted by molar-refractivity contribution is 4.89. The van der Waals surface area contributed by atoms with Crippen LogP contribution in [0.1, 0.15) is 51.4 Å². The van der Waals surface area contributed by atoms with E-state index in [1.165, 1.54) is 19.3 Å². The van der Waals surface area contributed by atoms with Crippen molar-refractivity contribution in [3.05, 3.63) is 0 Å². The van der Waals surface area contributed by atoms with Gasteiger partial charge in [-0.2, -0.15) is 5.26 Å². The van der Waals surface area contributed by atoms with Crippen molar-refractivity contribution in [2.75, 3.05) is 0 Å². The molecule has 12 heavy (non-hydrogen) atoms. The van der Waals surface area contributed by atoms with Crippen molar-refractivity contribution in [3.63, 3.8) is 0 Å². The van der Waals surface area contributed by atoms with Gasteiger partial charge in [0.15, 0.2) is 0 Å². The molecular formula is C10H17NO. The zero-order valence-corrected chi connectivity index (χ0v) is 7.55. The van der Waals surface area contributed by atoms with Crippen molar-refractivity contribution in [1.29, 1.82) is 5.26 Å². The molecular weight excluding hydrogens is 150 g/mol. The predicted octanol–water partition coefficient (Wildman–Crippen LogP) is 2.38. The lowest BCUT2D eigenvalue weighted by atomic mass is 9.85. The van der Waals surface area contributed by atoms with E-state index in [-0.39, 0.29) is 0 Å². The first kappa shape index (κ1) is 9.54. The molecule has 0 amide bonds. The zero-order valence-electron chi connectivity index (χ0n) is 7.55. The molecule has 0 radical (unpaired) electrons. The number of nitriles is 1. The smallest absolute Gasteiger partial charge is 0.0777 e. The summed E-state index contributed by atoms with van der Waals surface area (Å²) >= 11 is 0. The van der Waals surface area contributed by atoms with E-state index < -0.39 is 5.60 Å². The number of aliphatic hydroxyl groups is 1. The average molecular weight is 167 g/mol. The Labute approximate surface area is 74.2 Å². The summed E-state index contributed by atoms with van der Waals surface area (Å²) in [6.07, 6.45) is 7.84. The number of nitrogens with zero attached hydrogens (tertiary/aromatic N) is 1. The highest BCUT2D eigenvalue weighted by Crippen LogP contribution is 2.28. The van der Waals surface area contributed by atoms with Crippen LogP contribution in [-0.2, 0) is 0 Å². The van der Waals surface area contributed by atoms with E-state index in [1.54, 1.807) is 0 Å². The van der Waals surface area contributed by atoms with Crippen molar-refractivity contribution in [2.45, 2.75) is 57.0 Å². The first-order chi connectivity index (χ1) is 5.77. The fourth-order valence-electron chi connectivity index (χ4n) is 1.89. The Bertz CT molecular complexity index is 163. The molecule has 0 atom stereocenters. The van der Waals surface area contributed by atoms with Crippen LogP contribution in [0, 0.1) is 11.3 Å². The van der Waals surface area contributed by atoms with Gasteiger partial charge in [-0.3, -0.25) is 0 Å². The van der Waals surface area contributed by atoms with Gasteiger partial charge >= 0.3 is 0 Å². The molecule has 1 saturated carbocycles. The highest BCUT2D eigenvalue weighted by Gasteiger charge is 2.26. The zero-order chi connectivity index (χ0) is 8.86. The summed E-state index contributed by atoms with van der Waals surface area (Å²) in [6, 6.07) is 2.08. The minimum Gasteiger partial charge on any atom is -0.389 e. The highest BCUT2D eigenvalue weighted by atomic mass is 16.3. The van der Waals surface area contributed by atoms with Gasteiger partial charge in [0, 0.05) is 0 Å². The summed E-state index contributed by atoms with van der Waals surface area (Å²) in [5, 5.41) is 18.5. The van der Waals surface area contributed by atoms with Crippen LogP contribution in [0.25, 0.3) is 0 Å². The maximum absolute atomic E-state index is 9.95. The van der Waals surface area contributed by atoms with Gasteiger partial charge in [-0.15, -0.1) is 0 Å². The van der Waals surface area contributed by atoms with Crippen LogP contribution in [-0.4, -0.2) is 10.7 Å². The molecule has 68 valence electrons. The second-order valence-electron chi connectivity index (χ2n) is 3.83. The SMILES string of the molecule is N#CCC1(O)CCCCCCC1. The largest absolute Gasteiger partial charge is 0.389 e. The molecule has 1 N–H and O–H groups in total. The molecule has 0 aromatic carbocycles. The van der Waals surface area contributed by atoms with E-state index >= 15 is 0 Å². The maximum Gasteiger partial charge on any atom is 0.0777 e. The summed E-state index contributed by atoms with van der Waals surface area (Å²) in [5.74, 6) is 0. The molecule has 0 saturated heterocycles. The summed E-state index contributed by atoms with van der Waals surface area (Å²) in [7, 11) is 0. The van der Waals surface area contributed by atoms with Gasteiger partial charge < -0.3 is 5.11 Å². The van der Waals surface area contributed by atoms with E-state index in [9.17, 15) is 5.11 Å². The average Bonchev–Trinajstić information content (AvgIpc) is 1.99. The first-order valence-corrected chi connectivity index (χ1v) is 4.86. The second-order valence-corrected chi connectivity index (χ2v) is 3.83. The Hall–Kier alpha value is -0.550. The molecule has 0 unspecified atom stereocenters. The Kier molecular flexibility index (Phi) is 3.55. The molecule has 1 rings (SSSR count). The molecule has 1 fully saturated rings. The minimum atomic E-state index is -0.658. The van der Waals surface area contributed by atoms with Crippen molar-refractivity contribution >= 4 is 0 Å². The molecule has 1 aliphatic carbocycles. The van der Waals surface area contributed by atoms with Crippen LogP contribution in [0.3, 0.4) is 0 Å². The normalized spacial score (nSPS) is 23.7. The van der Waals surface area contributed by atoms with Crippen LogP contribution >= 0.6 is 0 Å².